The predicted octanol–water partition coefficient (Wildman–Crippen LogP) is 2.82. The van der Waals surface area contributed by atoms with Crippen LogP contribution in [0.3, 0.4) is 0 Å². The summed E-state index contributed by atoms with van der Waals surface area (Å²) in [5, 5.41) is 6.92. The summed E-state index contributed by atoms with van der Waals surface area (Å²) in [4.78, 5) is 22.5. The van der Waals surface area contributed by atoms with E-state index < -0.39 is 11.9 Å². The van der Waals surface area contributed by atoms with Gasteiger partial charge >= 0.3 is 6.03 Å². The monoisotopic (exact) mass is 419 g/mol. The van der Waals surface area contributed by atoms with Gasteiger partial charge < -0.3 is 27.1 Å². The van der Waals surface area contributed by atoms with Crippen LogP contribution in [-0.4, -0.2) is 33.9 Å². The molecule has 0 radical (unpaired) electrons. The molecule has 2 heterocycles. The quantitative estimate of drug-likeness (QED) is 0.279. The van der Waals surface area contributed by atoms with E-state index in [0.717, 1.165) is 25.3 Å². The van der Waals surface area contributed by atoms with Gasteiger partial charge in [0.15, 0.2) is 11.6 Å². The highest BCUT2D eigenvalue weighted by Crippen LogP contribution is 2.23. The van der Waals surface area contributed by atoms with Gasteiger partial charge in [0.25, 0.3) is 0 Å². The van der Waals surface area contributed by atoms with Gasteiger partial charge in [0.05, 0.1) is 5.02 Å². The maximum atomic E-state index is 14.4. The third-order valence-corrected chi connectivity index (χ3v) is 4.98. The van der Waals surface area contributed by atoms with Gasteiger partial charge in [-0.3, -0.25) is 0 Å². The molecule has 154 valence electrons. The van der Waals surface area contributed by atoms with Crippen molar-refractivity contribution in [2.45, 2.75) is 37.8 Å². The zero-order valence-electron chi connectivity index (χ0n) is 15.7. The molecule has 1 aliphatic rings. The fourth-order valence-electron chi connectivity index (χ4n) is 3.47. The van der Waals surface area contributed by atoms with Crippen molar-refractivity contribution in [1.82, 2.24) is 20.6 Å². The molecular weight excluding hydrogens is 397 g/mol. The number of H-pyrrole nitrogens is 1. The molecule has 0 unspecified atom stereocenters. The number of hydrogen-bond donors (Lipinski definition) is 5. The van der Waals surface area contributed by atoms with E-state index in [-0.39, 0.29) is 23.7 Å². The number of urea groups is 1. The van der Waals surface area contributed by atoms with Crippen LogP contribution < -0.4 is 22.1 Å². The van der Waals surface area contributed by atoms with Crippen molar-refractivity contribution in [3.8, 4) is 0 Å². The van der Waals surface area contributed by atoms with Crippen LogP contribution in [0.25, 0.3) is 11.0 Å². The number of aromatic amines is 1. The molecule has 29 heavy (non-hydrogen) atoms. The normalized spacial score (nSPS) is 20.8. The number of allylic oxidation sites excluding steroid dienone is 2. The average molecular weight is 420 g/mol. The largest absolute Gasteiger partial charge is 0.383 e. The van der Waals surface area contributed by atoms with Gasteiger partial charge in [0.1, 0.15) is 11.5 Å². The summed E-state index contributed by atoms with van der Waals surface area (Å²) in [5.74, 6) is -0.553. The first-order valence-electron chi connectivity index (χ1n) is 9.19. The molecule has 0 bridgehead atoms. The van der Waals surface area contributed by atoms with Crippen LogP contribution in [0.1, 0.15) is 31.2 Å². The van der Waals surface area contributed by atoms with Gasteiger partial charge in [-0.2, -0.15) is 0 Å². The third-order valence-electron chi connectivity index (χ3n) is 4.77. The van der Waals surface area contributed by atoms with E-state index in [1.54, 1.807) is 12.3 Å². The van der Waals surface area contributed by atoms with Crippen molar-refractivity contribution >= 4 is 34.5 Å². The summed E-state index contributed by atoms with van der Waals surface area (Å²) in [6, 6.07) is 0.962. The maximum Gasteiger partial charge on any atom is 0.312 e. The standard InChI is InChI=1S/C19H23ClFN7O/c1-2-15(21)18(26-11-4-3-5-12(7-11)27-19(23)29)28-16(22)14-9-25-17-13(14)6-10(20)8-24-17/h2,6,8-9,11-12,26H,1,3-5,7H2,(H2,22,28)(H,24,25)(H3,23,27,29)/b18-15+/t11-,12+/m0/s1. The molecule has 2 aromatic heterocycles. The highest BCUT2D eigenvalue weighted by Gasteiger charge is 2.24. The molecule has 2 atom stereocenters. The Morgan fingerprint density at radius 1 is 1.38 bits per heavy atom. The molecule has 0 aromatic carbocycles. The molecule has 8 nitrogen and oxygen atoms in total. The number of pyridine rings is 1. The lowest BCUT2D eigenvalue weighted by molar-refractivity contribution is 0.237. The summed E-state index contributed by atoms with van der Waals surface area (Å²) in [6.07, 6.45) is 7.29. The van der Waals surface area contributed by atoms with Crippen LogP contribution in [0, 0.1) is 0 Å². The number of aliphatic imine (C=N–C) groups is 1. The molecule has 0 spiro atoms. The topological polar surface area (TPSA) is 134 Å². The van der Waals surface area contributed by atoms with Crippen molar-refractivity contribution in [1.29, 1.82) is 0 Å². The van der Waals surface area contributed by atoms with Gasteiger partial charge in [-0.1, -0.05) is 18.2 Å². The van der Waals surface area contributed by atoms with Gasteiger partial charge in [0, 0.05) is 35.4 Å². The summed E-state index contributed by atoms with van der Waals surface area (Å²) >= 11 is 6.02. The van der Waals surface area contributed by atoms with Gasteiger partial charge in [0.2, 0.25) is 0 Å². The number of rotatable bonds is 6. The number of fused-ring (bicyclic) bond motifs is 1. The van der Waals surface area contributed by atoms with E-state index >= 15 is 0 Å². The van der Waals surface area contributed by atoms with Crippen LogP contribution in [0.5, 0.6) is 0 Å². The van der Waals surface area contributed by atoms with Crippen LogP contribution >= 0.6 is 11.6 Å². The molecule has 2 amide bonds. The second-order valence-corrected chi connectivity index (χ2v) is 7.30. The number of carbonyl (C=O) groups excluding carboxylic acids is 1. The number of primary amides is 1. The molecule has 1 aliphatic carbocycles. The minimum atomic E-state index is -0.631. The van der Waals surface area contributed by atoms with Crippen molar-refractivity contribution in [3.63, 3.8) is 0 Å². The molecule has 3 rings (SSSR count). The van der Waals surface area contributed by atoms with E-state index in [9.17, 15) is 9.18 Å². The predicted molar refractivity (Wildman–Crippen MR) is 112 cm³/mol. The first-order chi connectivity index (χ1) is 13.9. The summed E-state index contributed by atoms with van der Waals surface area (Å²) < 4.78 is 14.4. The average Bonchev–Trinajstić information content (AvgIpc) is 3.09. The molecular formula is C19H23ClFN7O. The Hall–Kier alpha value is -3.07. The number of hydrogen-bond acceptors (Lipinski definition) is 4. The molecule has 0 saturated heterocycles. The molecule has 1 saturated carbocycles. The van der Waals surface area contributed by atoms with E-state index in [1.807, 2.05) is 0 Å². The Morgan fingerprint density at radius 2 is 2.10 bits per heavy atom. The second kappa shape index (κ2) is 8.95. The zero-order chi connectivity index (χ0) is 21.0. The van der Waals surface area contributed by atoms with Crippen LogP contribution in [0.4, 0.5) is 9.18 Å². The van der Waals surface area contributed by atoms with Crippen LogP contribution in [-0.2, 0) is 0 Å². The Bertz CT molecular complexity index is 984. The number of amides is 2. The number of halogens is 2. The lowest BCUT2D eigenvalue weighted by Gasteiger charge is -2.30. The van der Waals surface area contributed by atoms with Gasteiger partial charge in [-0.25, -0.2) is 19.2 Å². The molecule has 1 fully saturated rings. The Labute approximate surface area is 172 Å². The Kier molecular flexibility index (Phi) is 6.38. The Balaban J connectivity index is 1.84. The molecule has 2 aromatic rings. The lowest BCUT2D eigenvalue weighted by atomic mass is 9.91. The number of nitrogens with zero attached hydrogens (tertiary/aromatic N) is 2. The van der Waals surface area contributed by atoms with Crippen molar-refractivity contribution in [3.05, 3.63) is 53.3 Å². The zero-order valence-corrected chi connectivity index (χ0v) is 16.5. The Morgan fingerprint density at radius 3 is 2.79 bits per heavy atom. The van der Waals surface area contributed by atoms with Gasteiger partial charge in [-0.15, -0.1) is 0 Å². The number of nitrogens with one attached hydrogen (secondary N) is 3. The molecule has 10 heteroatoms. The first kappa shape index (κ1) is 20.7. The molecule has 0 aliphatic heterocycles. The summed E-state index contributed by atoms with van der Waals surface area (Å²) in [5.41, 5.74) is 12.5. The molecule has 7 N–H and O–H groups in total. The minimum absolute atomic E-state index is 0.0217. The summed E-state index contributed by atoms with van der Waals surface area (Å²) in [7, 11) is 0. The van der Waals surface area contributed by atoms with Crippen molar-refractivity contribution < 1.29 is 9.18 Å². The van der Waals surface area contributed by atoms with E-state index in [4.69, 9.17) is 23.1 Å². The first-order valence-corrected chi connectivity index (χ1v) is 9.57. The number of aromatic nitrogens is 2. The highest BCUT2D eigenvalue weighted by atomic mass is 35.5. The number of amidine groups is 1. The van der Waals surface area contributed by atoms with E-state index in [2.05, 4.69) is 32.2 Å². The summed E-state index contributed by atoms with van der Waals surface area (Å²) in [6.45, 7) is 3.47. The van der Waals surface area contributed by atoms with Gasteiger partial charge in [-0.05, 0) is 37.8 Å². The van der Waals surface area contributed by atoms with E-state index in [1.165, 1.54) is 6.20 Å². The highest BCUT2D eigenvalue weighted by molar-refractivity contribution is 6.31. The second-order valence-electron chi connectivity index (χ2n) is 6.86. The number of carbonyl (C=O) groups is 1. The maximum absolute atomic E-state index is 14.4. The van der Waals surface area contributed by atoms with Crippen LogP contribution in [0.15, 0.2) is 47.8 Å². The van der Waals surface area contributed by atoms with Crippen LogP contribution in [0.2, 0.25) is 5.02 Å². The van der Waals surface area contributed by atoms with Crippen molar-refractivity contribution in [2.24, 2.45) is 16.5 Å². The minimum Gasteiger partial charge on any atom is -0.383 e. The lowest BCUT2D eigenvalue weighted by Crippen LogP contribution is -2.45. The van der Waals surface area contributed by atoms with E-state index in [0.29, 0.717) is 28.0 Å². The third kappa shape index (κ3) is 5.05. The SMILES string of the molecule is C=C/C(F)=C(\N=C(N)c1c[nH]c2ncc(Cl)cc12)N[C@H]1CCC[C@@H](NC(N)=O)C1. The number of nitrogens with two attached hydrogens (primary N) is 2. The fourth-order valence-corrected chi connectivity index (χ4v) is 3.63. The smallest absolute Gasteiger partial charge is 0.312 e. The fraction of sp³-hybridized carbons (Fsp3) is 0.316. The van der Waals surface area contributed by atoms with Crippen molar-refractivity contribution in [2.75, 3.05) is 0 Å².